The third-order valence-electron chi connectivity index (χ3n) is 3.44. The highest BCUT2D eigenvalue weighted by Gasteiger charge is 2.10. The van der Waals surface area contributed by atoms with Crippen molar-refractivity contribution in [2.45, 2.75) is 26.9 Å². The van der Waals surface area contributed by atoms with Crippen LogP contribution in [0.1, 0.15) is 16.8 Å². The molecule has 1 N–H and O–H groups in total. The van der Waals surface area contributed by atoms with E-state index in [-0.39, 0.29) is 18.4 Å². The fourth-order valence-corrected chi connectivity index (χ4v) is 2.35. The minimum absolute atomic E-state index is 0.0556. The van der Waals surface area contributed by atoms with Gasteiger partial charge in [-0.25, -0.2) is 9.67 Å². The standard InChI is InChI=1S/C16H17ClN6O/c1-11-3-5-13(6-4-11)7-23-10-18-16(21-23)19-15(24)9-22-8-14(17)12(2)20-22/h3-6,8,10H,7,9H2,1-2H3,(H,19,21,24). The van der Waals surface area contributed by atoms with Crippen LogP contribution in [0.25, 0.3) is 0 Å². The zero-order valence-corrected chi connectivity index (χ0v) is 14.2. The zero-order valence-electron chi connectivity index (χ0n) is 13.4. The van der Waals surface area contributed by atoms with E-state index in [0.29, 0.717) is 17.3 Å². The average molecular weight is 345 g/mol. The van der Waals surface area contributed by atoms with E-state index in [2.05, 4.69) is 20.5 Å². The quantitative estimate of drug-likeness (QED) is 0.771. The highest BCUT2D eigenvalue weighted by molar-refractivity contribution is 6.31. The fourth-order valence-electron chi connectivity index (χ4n) is 2.19. The number of hydrogen-bond acceptors (Lipinski definition) is 4. The number of aryl methyl sites for hydroxylation is 2. The lowest BCUT2D eigenvalue weighted by Gasteiger charge is -2.02. The van der Waals surface area contributed by atoms with Crippen molar-refractivity contribution in [2.24, 2.45) is 0 Å². The van der Waals surface area contributed by atoms with E-state index in [4.69, 9.17) is 11.6 Å². The minimum atomic E-state index is -0.262. The zero-order chi connectivity index (χ0) is 17.1. The second-order valence-electron chi connectivity index (χ2n) is 5.56. The lowest BCUT2D eigenvalue weighted by atomic mass is 10.1. The first-order valence-corrected chi connectivity index (χ1v) is 7.82. The summed E-state index contributed by atoms with van der Waals surface area (Å²) in [6.45, 7) is 4.48. The molecule has 0 spiro atoms. The van der Waals surface area contributed by atoms with E-state index in [1.807, 2.05) is 31.2 Å². The Bertz CT molecular complexity index is 832. The summed E-state index contributed by atoms with van der Waals surface area (Å²) in [5.41, 5.74) is 3.01. The molecule has 0 aliphatic carbocycles. The third kappa shape index (κ3) is 3.99. The first-order chi connectivity index (χ1) is 11.5. The molecule has 7 nitrogen and oxygen atoms in total. The molecule has 0 fully saturated rings. The summed E-state index contributed by atoms with van der Waals surface area (Å²) < 4.78 is 3.16. The predicted molar refractivity (Wildman–Crippen MR) is 90.9 cm³/mol. The number of carbonyl (C=O) groups excluding carboxylic acids is 1. The highest BCUT2D eigenvalue weighted by atomic mass is 35.5. The predicted octanol–water partition coefficient (Wildman–Crippen LogP) is 2.43. The van der Waals surface area contributed by atoms with Crippen LogP contribution in [0, 0.1) is 13.8 Å². The molecule has 0 unspecified atom stereocenters. The molecular formula is C16H17ClN6O. The van der Waals surface area contributed by atoms with E-state index in [0.717, 1.165) is 5.56 Å². The molecule has 0 atom stereocenters. The summed E-state index contributed by atoms with van der Waals surface area (Å²) in [6, 6.07) is 8.18. The maximum Gasteiger partial charge on any atom is 0.248 e. The number of rotatable bonds is 5. The van der Waals surface area contributed by atoms with Gasteiger partial charge in [-0.2, -0.15) is 5.10 Å². The maximum absolute atomic E-state index is 12.0. The number of benzene rings is 1. The second kappa shape index (κ2) is 6.84. The van der Waals surface area contributed by atoms with Gasteiger partial charge < -0.3 is 0 Å². The maximum atomic E-state index is 12.0. The van der Waals surface area contributed by atoms with E-state index in [1.165, 1.54) is 10.2 Å². The second-order valence-corrected chi connectivity index (χ2v) is 5.97. The van der Waals surface area contributed by atoms with Gasteiger partial charge in [-0.15, -0.1) is 5.10 Å². The van der Waals surface area contributed by atoms with Crippen molar-refractivity contribution in [1.29, 1.82) is 0 Å². The third-order valence-corrected chi connectivity index (χ3v) is 3.82. The Labute approximate surface area is 144 Å². The Balaban J connectivity index is 1.59. The van der Waals surface area contributed by atoms with Crippen molar-refractivity contribution >= 4 is 23.5 Å². The molecule has 0 saturated heterocycles. The number of hydrogen-bond donors (Lipinski definition) is 1. The number of halogens is 1. The van der Waals surface area contributed by atoms with Crippen LogP contribution in [0.15, 0.2) is 36.8 Å². The summed E-state index contributed by atoms with van der Waals surface area (Å²) in [6.07, 6.45) is 3.20. The van der Waals surface area contributed by atoms with Crippen molar-refractivity contribution in [1.82, 2.24) is 24.5 Å². The monoisotopic (exact) mass is 344 g/mol. The van der Waals surface area contributed by atoms with Crippen molar-refractivity contribution in [3.05, 3.63) is 58.6 Å². The van der Waals surface area contributed by atoms with Crippen LogP contribution in [0.4, 0.5) is 5.95 Å². The SMILES string of the molecule is Cc1ccc(Cn2cnc(NC(=O)Cn3cc(Cl)c(C)n3)n2)cc1. The molecule has 3 aromatic rings. The van der Waals surface area contributed by atoms with Crippen LogP contribution in [-0.2, 0) is 17.9 Å². The molecule has 3 rings (SSSR count). The number of anilines is 1. The summed E-state index contributed by atoms with van der Waals surface area (Å²) in [4.78, 5) is 16.1. The number of aromatic nitrogens is 5. The van der Waals surface area contributed by atoms with Gasteiger partial charge in [-0.1, -0.05) is 41.4 Å². The highest BCUT2D eigenvalue weighted by Crippen LogP contribution is 2.12. The molecule has 0 aliphatic rings. The van der Waals surface area contributed by atoms with Crippen LogP contribution in [-0.4, -0.2) is 30.5 Å². The Morgan fingerprint density at radius 1 is 1.17 bits per heavy atom. The number of nitrogens with zero attached hydrogens (tertiary/aromatic N) is 5. The molecule has 0 aliphatic heterocycles. The first-order valence-electron chi connectivity index (χ1n) is 7.44. The van der Waals surface area contributed by atoms with Gasteiger partial charge in [0.2, 0.25) is 11.9 Å². The van der Waals surface area contributed by atoms with Gasteiger partial charge in [0.1, 0.15) is 12.9 Å². The van der Waals surface area contributed by atoms with Crippen LogP contribution in [0.3, 0.4) is 0 Å². The van der Waals surface area contributed by atoms with E-state index in [1.54, 1.807) is 24.1 Å². The Morgan fingerprint density at radius 3 is 2.58 bits per heavy atom. The summed E-state index contributed by atoms with van der Waals surface area (Å²) in [7, 11) is 0. The van der Waals surface area contributed by atoms with E-state index in [9.17, 15) is 4.79 Å². The summed E-state index contributed by atoms with van der Waals surface area (Å²) in [5, 5.41) is 11.6. The molecule has 1 amide bonds. The van der Waals surface area contributed by atoms with E-state index < -0.39 is 0 Å². The number of carbonyl (C=O) groups is 1. The lowest BCUT2D eigenvalue weighted by molar-refractivity contribution is -0.116. The van der Waals surface area contributed by atoms with Gasteiger partial charge in [0.05, 0.1) is 17.3 Å². The van der Waals surface area contributed by atoms with Crippen molar-refractivity contribution < 1.29 is 4.79 Å². The Hall–Kier alpha value is -2.67. The van der Waals surface area contributed by atoms with Crippen LogP contribution < -0.4 is 5.32 Å². The summed E-state index contributed by atoms with van der Waals surface area (Å²) >= 11 is 5.92. The van der Waals surface area contributed by atoms with Gasteiger partial charge in [-0.3, -0.25) is 14.8 Å². The number of nitrogens with one attached hydrogen (secondary N) is 1. The Kier molecular flexibility index (Phi) is 4.61. The summed E-state index contributed by atoms with van der Waals surface area (Å²) in [5.74, 6) is 0.00402. The molecule has 1 aromatic carbocycles. The Morgan fingerprint density at radius 2 is 1.92 bits per heavy atom. The molecule has 24 heavy (non-hydrogen) atoms. The van der Waals surface area contributed by atoms with Crippen LogP contribution >= 0.6 is 11.6 Å². The molecule has 0 saturated carbocycles. The van der Waals surface area contributed by atoms with Gasteiger partial charge >= 0.3 is 0 Å². The average Bonchev–Trinajstić information content (AvgIpc) is 3.08. The molecule has 124 valence electrons. The van der Waals surface area contributed by atoms with Gasteiger partial charge in [0, 0.05) is 6.20 Å². The van der Waals surface area contributed by atoms with Gasteiger partial charge in [-0.05, 0) is 19.4 Å². The van der Waals surface area contributed by atoms with Gasteiger partial charge in [0.15, 0.2) is 0 Å². The molecule has 8 heteroatoms. The normalized spacial score (nSPS) is 10.8. The minimum Gasteiger partial charge on any atom is -0.292 e. The molecule has 2 aromatic heterocycles. The topological polar surface area (TPSA) is 77.6 Å². The molecule has 2 heterocycles. The fraction of sp³-hybridized carbons (Fsp3) is 0.250. The molecular weight excluding hydrogens is 328 g/mol. The van der Waals surface area contributed by atoms with Crippen molar-refractivity contribution in [3.63, 3.8) is 0 Å². The number of amides is 1. The van der Waals surface area contributed by atoms with E-state index >= 15 is 0 Å². The van der Waals surface area contributed by atoms with Crippen LogP contribution in [0.5, 0.6) is 0 Å². The molecule has 0 radical (unpaired) electrons. The van der Waals surface area contributed by atoms with Crippen molar-refractivity contribution in [3.8, 4) is 0 Å². The smallest absolute Gasteiger partial charge is 0.248 e. The van der Waals surface area contributed by atoms with Gasteiger partial charge in [0.25, 0.3) is 0 Å². The largest absolute Gasteiger partial charge is 0.292 e. The first kappa shape index (κ1) is 16.2. The van der Waals surface area contributed by atoms with Crippen molar-refractivity contribution in [2.75, 3.05) is 5.32 Å². The molecule has 0 bridgehead atoms. The lowest BCUT2D eigenvalue weighted by Crippen LogP contribution is -2.20. The van der Waals surface area contributed by atoms with Crippen LogP contribution in [0.2, 0.25) is 5.02 Å².